The van der Waals surface area contributed by atoms with Crippen molar-refractivity contribution in [1.29, 1.82) is 0 Å². The molecule has 0 amide bonds. The lowest BCUT2D eigenvalue weighted by Crippen LogP contribution is -2.10. The van der Waals surface area contributed by atoms with E-state index in [1.807, 2.05) is 13.8 Å². The summed E-state index contributed by atoms with van der Waals surface area (Å²) < 4.78 is 37.7. The second kappa shape index (κ2) is 3.25. The molecule has 1 N–H and O–H groups in total. The zero-order chi connectivity index (χ0) is 11.2. The molecule has 2 nitrogen and oxygen atoms in total. The van der Waals surface area contributed by atoms with E-state index >= 15 is 0 Å². The smallest absolute Gasteiger partial charge is 0.281 e. The van der Waals surface area contributed by atoms with Crippen LogP contribution in [0.25, 0.3) is 0 Å². The molecule has 1 aliphatic rings. The molecule has 0 saturated carbocycles. The molecule has 15 heavy (non-hydrogen) atoms. The molecule has 0 bridgehead atoms. The molecule has 0 saturated heterocycles. The van der Waals surface area contributed by atoms with E-state index in [0.29, 0.717) is 23.6 Å². The first-order valence-corrected chi connectivity index (χ1v) is 5.09. The second-order valence-electron chi connectivity index (χ2n) is 4.12. The number of hydrogen-bond donors (Lipinski definition) is 1. The standard InChI is InChI=1S/C10H13F3N2/c1-3-6-4-7-8(5(6)2)14-15-9(7)10(11,12)13/h5-6H,3-4H2,1-2H3,(H,14,15)/t5-,6+/m1/s1. The summed E-state index contributed by atoms with van der Waals surface area (Å²) in [5, 5.41) is 5.92. The van der Waals surface area contributed by atoms with E-state index in [9.17, 15) is 13.2 Å². The maximum atomic E-state index is 12.6. The van der Waals surface area contributed by atoms with Gasteiger partial charge >= 0.3 is 6.18 Å². The molecule has 0 unspecified atom stereocenters. The zero-order valence-corrected chi connectivity index (χ0v) is 8.65. The molecule has 84 valence electrons. The van der Waals surface area contributed by atoms with Gasteiger partial charge in [0.15, 0.2) is 5.69 Å². The minimum atomic E-state index is -4.33. The van der Waals surface area contributed by atoms with Crippen molar-refractivity contribution in [3.05, 3.63) is 17.0 Å². The Kier molecular flexibility index (Phi) is 2.28. The van der Waals surface area contributed by atoms with Crippen molar-refractivity contribution in [2.45, 2.75) is 38.8 Å². The summed E-state index contributed by atoms with van der Waals surface area (Å²) in [6, 6.07) is 0. The van der Waals surface area contributed by atoms with Gasteiger partial charge in [-0.05, 0) is 12.3 Å². The fourth-order valence-electron chi connectivity index (χ4n) is 2.37. The van der Waals surface area contributed by atoms with Gasteiger partial charge in [-0.15, -0.1) is 0 Å². The summed E-state index contributed by atoms with van der Waals surface area (Å²) >= 11 is 0. The molecule has 5 heteroatoms. The van der Waals surface area contributed by atoms with Crippen LogP contribution in [0.15, 0.2) is 0 Å². The summed E-state index contributed by atoms with van der Waals surface area (Å²) in [6.45, 7) is 3.96. The van der Waals surface area contributed by atoms with Crippen molar-refractivity contribution in [2.75, 3.05) is 0 Å². The highest BCUT2D eigenvalue weighted by molar-refractivity contribution is 5.35. The predicted octanol–water partition coefficient (Wildman–Crippen LogP) is 3.11. The molecular formula is C10H13F3N2. The molecular weight excluding hydrogens is 205 g/mol. The van der Waals surface area contributed by atoms with Crippen LogP contribution in [0.4, 0.5) is 13.2 Å². The molecule has 2 rings (SSSR count). The minimum absolute atomic E-state index is 0.161. The highest BCUT2D eigenvalue weighted by Gasteiger charge is 2.42. The third kappa shape index (κ3) is 1.54. The van der Waals surface area contributed by atoms with Gasteiger partial charge in [-0.2, -0.15) is 18.3 Å². The van der Waals surface area contributed by atoms with Crippen LogP contribution in [0.2, 0.25) is 0 Å². The van der Waals surface area contributed by atoms with Crippen LogP contribution >= 0.6 is 0 Å². The number of alkyl halides is 3. The number of halogens is 3. The Bertz CT molecular complexity index is 367. The second-order valence-corrected chi connectivity index (χ2v) is 4.12. The van der Waals surface area contributed by atoms with Gasteiger partial charge in [-0.3, -0.25) is 5.10 Å². The molecule has 1 aromatic rings. The third-order valence-corrected chi connectivity index (χ3v) is 3.32. The topological polar surface area (TPSA) is 28.7 Å². The lowest BCUT2D eigenvalue weighted by molar-refractivity contribution is -0.141. The van der Waals surface area contributed by atoms with E-state index in [1.54, 1.807) is 0 Å². The first-order chi connectivity index (χ1) is 6.95. The molecule has 0 spiro atoms. The van der Waals surface area contributed by atoms with Gasteiger partial charge < -0.3 is 0 Å². The quantitative estimate of drug-likeness (QED) is 0.770. The lowest BCUT2D eigenvalue weighted by Gasteiger charge is -2.12. The molecule has 0 radical (unpaired) electrons. The summed E-state index contributed by atoms with van der Waals surface area (Å²) in [5.74, 6) is 0.476. The molecule has 0 aromatic carbocycles. The van der Waals surface area contributed by atoms with E-state index in [2.05, 4.69) is 10.2 Å². The zero-order valence-electron chi connectivity index (χ0n) is 8.65. The van der Waals surface area contributed by atoms with Gasteiger partial charge in [0.1, 0.15) is 0 Å². The first-order valence-electron chi connectivity index (χ1n) is 5.09. The van der Waals surface area contributed by atoms with Gasteiger partial charge in [-0.1, -0.05) is 20.3 Å². The highest BCUT2D eigenvalue weighted by atomic mass is 19.4. The predicted molar refractivity (Wildman–Crippen MR) is 49.5 cm³/mol. The Hall–Kier alpha value is -1.00. The van der Waals surface area contributed by atoms with E-state index < -0.39 is 11.9 Å². The van der Waals surface area contributed by atoms with Crippen molar-refractivity contribution in [3.8, 4) is 0 Å². The SMILES string of the molecule is CC[C@H]1Cc2c(C(F)(F)F)n[nH]c2[C@@H]1C. The molecule has 0 aliphatic heterocycles. The number of hydrogen-bond acceptors (Lipinski definition) is 1. The van der Waals surface area contributed by atoms with Crippen molar-refractivity contribution in [3.63, 3.8) is 0 Å². The lowest BCUT2D eigenvalue weighted by atomic mass is 9.94. The van der Waals surface area contributed by atoms with Crippen LogP contribution in [0.3, 0.4) is 0 Å². The number of fused-ring (bicyclic) bond motifs is 1. The van der Waals surface area contributed by atoms with Gasteiger partial charge in [0.25, 0.3) is 0 Å². The number of rotatable bonds is 1. The number of H-pyrrole nitrogens is 1. The van der Waals surface area contributed by atoms with E-state index in [-0.39, 0.29) is 5.92 Å². The number of aromatic amines is 1. The summed E-state index contributed by atoms with van der Waals surface area (Å²) in [7, 11) is 0. The van der Waals surface area contributed by atoms with Crippen LogP contribution in [-0.2, 0) is 12.6 Å². The molecule has 1 heterocycles. The molecule has 0 fully saturated rings. The number of nitrogens with zero attached hydrogens (tertiary/aromatic N) is 1. The Morgan fingerprint density at radius 2 is 2.13 bits per heavy atom. The molecule has 2 atom stereocenters. The number of aromatic nitrogens is 2. The van der Waals surface area contributed by atoms with E-state index in [4.69, 9.17) is 0 Å². The summed E-state index contributed by atoms with van der Waals surface area (Å²) in [6.07, 6.45) is -2.92. The van der Waals surface area contributed by atoms with Crippen molar-refractivity contribution >= 4 is 0 Å². The largest absolute Gasteiger partial charge is 0.435 e. The van der Waals surface area contributed by atoms with E-state index in [1.165, 1.54) is 0 Å². The Morgan fingerprint density at radius 3 is 2.67 bits per heavy atom. The van der Waals surface area contributed by atoms with Crippen molar-refractivity contribution < 1.29 is 13.2 Å². The van der Waals surface area contributed by atoms with Crippen LogP contribution in [0, 0.1) is 5.92 Å². The fraction of sp³-hybridized carbons (Fsp3) is 0.700. The highest BCUT2D eigenvalue weighted by Crippen LogP contribution is 2.43. The summed E-state index contributed by atoms with van der Waals surface area (Å²) in [5.41, 5.74) is 0.330. The molecule has 1 aliphatic carbocycles. The minimum Gasteiger partial charge on any atom is -0.281 e. The van der Waals surface area contributed by atoms with Crippen molar-refractivity contribution in [2.24, 2.45) is 5.92 Å². The maximum Gasteiger partial charge on any atom is 0.435 e. The Balaban J connectivity index is 2.40. The van der Waals surface area contributed by atoms with Gasteiger partial charge in [-0.25, -0.2) is 0 Å². The third-order valence-electron chi connectivity index (χ3n) is 3.32. The average Bonchev–Trinajstić information content (AvgIpc) is 2.65. The van der Waals surface area contributed by atoms with Crippen LogP contribution in [0.1, 0.15) is 43.1 Å². The summed E-state index contributed by atoms with van der Waals surface area (Å²) in [4.78, 5) is 0. The fourth-order valence-corrected chi connectivity index (χ4v) is 2.37. The molecule has 1 aromatic heterocycles. The number of nitrogens with one attached hydrogen (secondary N) is 1. The van der Waals surface area contributed by atoms with Gasteiger partial charge in [0, 0.05) is 17.2 Å². The first kappa shape index (κ1) is 10.5. The normalized spacial score (nSPS) is 25.7. The maximum absolute atomic E-state index is 12.6. The van der Waals surface area contributed by atoms with Gasteiger partial charge in [0.2, 0.25) is 0 Å². The van der Waals surface area contributed by atoms with Crippen LogP contribution in [-0.4, -0.2) is 10.2 Å². The van der Waals surface area contributed by atoms with Gasteiger partial charge in [0.05, 0.1) is 0 Å². The average molecular weight is 218 g/mol. The Labute approximate surface area is 85.9 Å². The van der Waals surface area contributed by atoms with Crippen LogP contribution < -0.4 is 0 Å². The van der Waals surface area contributed by atoms with Crippen molar-refractivity contribution in [1.82, 2.24) is 10.2 Å². The van der Waals surface area contributed by atoms with Crippen LogP contribution in [0.5, 0.6) is 0 Å². The monoisotopic (exact) mass is 218 g/mol. The van der Waals surface area contributed by atoms with E-state index in [0.717, 1.165) is 6.42 Å². The Morgan fingerprint density at radius 1 is 1.47 bits per heavy atom.